The Morgan fingerprint density at radius 1 is 1.04 bits per heavy atom. The molecule has 2 aromatic rings. The summed E-state index contributed by atoms with van der Waals surface area (Å²) in [6.45, 7) is 2.77. The monoisotopic (exact) mass is 387 g/mol. The summed E-state index contributed by atoms with van der Waals surface area (Å²) in [5, 5.41) is 11.7. The fourth-order valence-corrected chi connectivity index (χ4v) is 2.80. The largest absolute Gasteiger partial charge is 0.494 e. The number of amides is 1. The third-order valence-corrected chi connectivity index (χ3v) is 4.32. The van der Waals surface area contributed by atoms with Crippen LogP contribution in [-0.2, 0) is 0 Å². The maximum absolute atomic E-state index is 13.3. The van der Waals surface area contributed by atoms with E-state index in [2.05, 4.69) is 12.2 Å². The fourth-order valence-electron chi connectivity index (χ4n) is 2.80. The molecule has 0 radical (unpaired) electrons. The molecule has 0 aliphatic heterocycles. The van der Waals surface area contributed by atoms with E-state index in [1.807, 2.05) is 0 Å². The summed E-state index contributed by atoms with van der Waals surface area (Å²) >= 11 is 0. The molecule has 0 saturated heterocycles. The topological polar surface area (TPSA) is 75.6 Å². The van der Waals surface area contributed by atoms with Gasteiger partial charge in [0.25, 0.3) is 5.91 Å². The zero-order valence-corrected chi connectivity index (χ0v) is 16.0. The Bertz CT molecular complexity index is 807. The first-order valence-electron chi connectivity index (χ1n) is 9.58. The number of carbonyl (C=O) groups excluding carboxylic acids is 1. The molecule has 2 N–H and O–H groups in total. The predicted molar refractivity (Wildman–Crippen MR) is 107 cm³/mol. The molecule has 5 nitrogen and oxygen atoms in total. The minimum atomic E-state index is -1.31. The second kappa shape index (κ2) is 11.1. The highest BCUT2D eigenvalue weighted by atomic mass is 19.1. The first-order chi connectivity index (χ1) is 13.5. The molecule has 0 fully saturated rings. The zero-order valence-electron chi connectivity index (χ0n) is 16.0. The van der Waals surface area contributed by atoms with Gasteiger partial charge in [-0.3, -0.25) is 4.79 Å². The van der Waals surface area contributed by atoms with Crippen molar-refractivity contribution in [3.8, 4) is 5.75 Å². The summed E-state index contributed by atoms with van der Waals surface area (Å²) in [5.74, 6) is -1.90. The number of benzene rings is 2. The molecule has 150 valence electrons. The van der Waals surface area contributed by atoms with Crippen LogP contribution in [0, 0.1) is 5.82 Å². The molecule has 2 aromatic carbocycles. The summed E-state index contributed by atoms with van der Waals surface area (Å²) in [5.41, 5.74) is 0.0715. The summed E-state index contributed by atoms with van der Waals surface area (Å²) in [4.78, 5) is 23.7. The van der Waals surface area contributed by atoms with E-state index >= 15 is 0 Å². The van der Waals surface area contributed by atoms with Gasteiger partial charge in [0.1, 0.15) is 11.6 Å². The molecule has 28 heavy (non-hydrogen) atoms. The number of halogens is 1. The Hall–Kier alpha value is -2.89. The van der Waals surface area contributed by atoms with E-state index in [4.69, 9.17) is 9.84 Å². The molecular weight excluding hydrogens is 361 g/mol. The van der Waals surface area contributed by atoms with Crippen molar-refractivity contribution in [3.05, 3.63) is 59.4 Å². The van der Waals surface area contributed by atoms with Crippen molar-refractivity contribution in [1.29, 1.82) is 0 Å². The number of rotatable bonds is 11. The molecule has 0 aliphatic carbocycles. The smallest absolute Gasteiger partial charge is 0.337 e. The molecule has 6 heteroatoms. The maximum atomic E-state index is 13.3. The van der Waals surface area contributed by atoms with Crippen LogP contribution in [0.3, 0.4) is 0 Å². The van der Waals surface area contributed by atoms with Gasteiger partial charge in [-0.05, 0) is 42.8 Å². The van der Waals surface area contributed by atoms with E-state index in [0.717, 1.165) is 25.0 Å². The van der Waals surface area contributed by atoms with Gasteiger partial charge in [0, 0.05) is 5.56 Å². The predicted octanol–water partition coefficient (Wildman–Crippen LogP) is 5.52. The first kappa shape index (κ1) is 21.4. The number of hydrogen-bond acceptors (Lipinski definition) is 3. The quantitative estimate of drug-likeness (QED) is 0.498. The van der Waals surface area contributed by atoms with E-state index in [0.29, 0.717) is 17.9 Å². The number of carboxylic acid groups (broad SMARTS) is 1. The molecule has 1 amide bonds. The van der Waals surface area contributed by atoms with Crippen molar-refractivity contribution in [2.75, 3.05) is 11.9 Å². The van der Waals surface area contributed by atoms with Gasteiger partial charge >= 0.3 is 5.97 Å². The summed E-state index contributed by atoms with van der Waals surface area (Å²) in [6, 6.07) is 9.89. The normalized spacial score (nSPS) is 10.5. The van der Waals surface area contributed by atoms with Crippen molar-refractivity contribution in [2.24, 2.45) is 0 Å². The van der Waals surface area contributed by atoms with Crippen molar-refractivity contribution in [3.63, 3.8) is 0 Å². The molecule has 0 spiro atoms. The van der Waals surface area contributed by atoms with Gasteiger partial charge < -0.3 is 15.2 Å². The Balaban J connectivity index is 1.93. The third kappa shape index (κ3) is 6.68. The third-order valence-electron chi connectivity index (χ3n) is 4.32. The van der Waals surface area contributed by atoms with Gasteiger partial charge in [0.15, 0.2) is 0 Å². The average molecular weight is 387 g/mol. The average Bonchev–Trinajstić information content (AvgIpc) is 2.68. The lowest BCUT2D eigenvalue weighted by Crippen LogP contribution is -2.15. The molecule has 0 heterocycles. The van der Waals surface area contributed by atoms with Crippen LogP contribution < -0.4 is 10.1 Å². The number of carboxylic acids is 1. The number of anilines is 1. The van der Waals surface area contributed by atoms with E-state index in [9.17, 15) is 14.0 Å². The standard InChI is InChI=1S/C22H26FNO4/c1-2-3-4-5-6-7-13-28-18-10-8-9-16(14-18)21(25)24-20-12-11-17(23)15-19(20)22(26)27/h8-12,14-15H,2-7,13H2,1H3,(H,24,25)(H,26,27). The second-order valence-corrected chi connectivity index (χ2v) is 6.59. The van der Waals surface area contributed by atoms with Crippen molar-refractivity contribution in [1.82, 2.24) is 0 Å². The molecule has 0 aromatic heterocycles. The minimum Gasteiger partial charge on any atom is -0.494 e. The second-order valence-electron chi connectivity index (χ2n) is 6.59. The van der Waals surface area contributed by atoms with E-state index in [1.54, 1.807) is 24.3 Å². The van der Waals surface area contributed by atoms with Crippen LogP contribution in [0.4, 0.5) is 10.1 Å². The van der Waals surface area contributed by atoms with Gasteiger partial charge in [-0.15, -0.1) is 0 Å². The Morgan fingerprint density at radius 3 is 2.54 bits per heavy atom. The van der Waals surface area contributed by atoms with E-state index in [1.165, 1.54) is 31.7 Å². The van der Waals surface area contributed by atoms with E-state index < -0.39 is 17.7 Å². The van der Waals surface area contributed by atoms with Crippen LogP contribution in [0.1, 0.15) is 66.2 Å². The van der Waals surface area contributed by atoms with E-state index in [-0.39, 0.29) is 11.3 Å². The van der Waals surface area contributed by atoms with Crippen LogP contribution in [0.2, 0.25) is 0 Å². The van der Waals surface area contributed by atoms with Gasteiger partial charge in [0.05, 0.1) is 17.9 Å². The lowest BCUT2D eigenvalue weighted by Gasteiger charge is -2.10. The number of carbonyl (C=O) groups is 2. The van der Waals surface area contributed by atoms with Crippen LogP contribution >= 0.6 is 0 Å². The molecule has 0 bridgehead atoms. The molecular formula is C22H26FNO4. The highest BCUT2D eigenvalue weighted by Gasteiger charge is 2.15. The summed E-state index contributed by atoms with van der Waals surface area (Å²) in [6.07, 6.45) is 6.99. The molecule has 0 unspecified atom stereocenters. The Morgan fingerprint density at radius 2 is 1.79 bits per heavy atom. The molecule has 2 rings (SSSR count). The summed E-state index contributed by atoms with van der Waals surface area (Å²) in [7, 11) is 0. The molecule has 0 aliphatic rings. The van der Waals surface area contributed by atoms with Crippen molar-refractivity contribution in [2.45, 2.75) is 45.4 Å². The highest BCUT2D eigenvalue weighted by molar-refractivity contribution is 6.07. The number of hydrogen-bond donors (Lipinski definition) is 2. The number of aromatic carboxylic acids is 1. The summed E-state index contributed by atoms with van der Waals surface area (Å²) < 4.78 is 19.0. The SMILES string of the molecule is CCCCCCCCOc1cccc(C(=O)Nc2ccc(F)cc2C(=O)O)c1. The lowest BCUT2D eigenvalue weighted by atomic mass is 10.1. The molecule has 0 saturated carbocycles. The van der Waals surface area contributed by atoms with Crippen molar-refractivity contribution >= 4 is 17.6 Å². The maximum Gasteiger partial charge on any atom is 0.337 e. The van der Waals surface area contributed by atoms with Gasteiger partial charge in [-0.1, -0.05) is 45.1 Å². The Kier molecular flexibility index (Phi) is 8.46. The number of ether oxygens (including phenoxy) is 1. The van der Waals surface area contributed by atoms with Crippen LogP contribution in [0.5, 0.6) is 5.75 Å². The van der Waals surface area contributed by atoms with Crippen LogP contribution in [0.15, 0.2) is 42.5 Å². The van der Waals surface area contributed by atoms with Crippen molar-refractivity contribution < 1.29 is 23.8 Å². The number of nitrogens with one attached hydrogen (secondary N) is 1. The number of unbranched alkanes of at least 4 members (excludes halogenated alkanes) is 5. The van der Waals surface area contributed by atoms with Gasteiger partial charge in [-0.2, -0.15) is 0 Å². The van der Waals surface area contributed by atoms with Gasteiger partial charge in [0.2, 0.25) is 0 Å². The Labute approximate surface area is 164 Å². The highest BCUT2D eigenvalue weighted by Crippen LogP contribution is 2.20. The van der Waals surface area contributed by atoms with Gasteiger partial charge in [-0.25, -0.2) is 9.18 Å². The minimum absolute atomic E-state index is 0.0392. The van der Waals surface area contributed by atoms with Crippen LogP contribution in [0.25, 0.3) is 0 Å². The zero-order chi connectivity index (χ0) is 20.4. The molecule has 0 atom stereocenters. The first-order valence-corrected chi connectivity index (χ1v) is 9.58. The fraction of sp³-hybridized carbons (Fsp3) is 0.364. The lowest BCUT2D eigenvalue weighted by molar-refractivity contribution is 0.0697. The van der Waals surface area contributed by atoms with Crippen LogP contribution in [-0.4, -0.2) is 23.6 Å².